The molecular formula is C29H30ClN3O3. The summed E-state index contributed by atoms with van der Waals surface area (Å²) in [6, 6.07) is 21.2. The first-order chi connectivity index (χ1) is 17.4. The number of aryl methyl sites for hydroxylation is 1. The number of benzene rings is 3. The summed E-state index contributed by atoms with van der Waals surface area (Å²) in [5.74, 6) is -0.842. The zero-order valence-corrected chi connectivity index (χ0v) is 21.2. The molecule has 0 saturated heterocycles. The molecule has 6 nitrogen and oxygen atoms in total. The number of aromatic amines is 1. The van der Waals surface area contributed by atoms with Gasteiger partial charge >= 0.3 is 5.97 Å². The van der Waals surface area contributed by atoms with Crippen LogP contribution in [0.25, 0.3) is 10.9 Å². The number of aliphatic carboxylic acids is 1. The van der Waals surface area contributed by atoms with Crippen molar-refractivity contribution in [3.05, 3.63) is 94.0 Å². The highest BCUT2D eigenvalue weighted by Gasteiger charge is 2.19. The van der Waals surface area contributed by atoms with E-state index in [-0.39, 0.29) is 12.3 Å². The van der Waals surface area contributed by atoms with Crippen molar-refractivity contribution in [2.45, 2.75) is 33.2 Å². The van der Waals surface area contributed by atoms with Gasteiger partial charge in [-0.1, -0.05) is 61.8 Å². The molecule has 0 saturated carbocycles. The number of carbonyl (C=O) groups is 1. The molecule has 0 unspecified atom stereocenters. The van der Waals surface area contributed by atoms with E-state index in [1.165, 1.54) is 5.56 Å². The Balaban J connectivity index is 1.80. The number of aromatic hydroxyl groups is 1. The van der Waals surface area contributed by atoms with Gasteiger partial charge < -0.3 is 15.2 Å². The van der Waals surface area contributed by atoms with Gasteiger partial charge in [0.2, 0.25) is 0 Å². The van der Waals surface area contributed by atoms with Crippen molar-refractivity contribution >= 4 is 39.9 Å². The molecule has 4 rings (SSSR count). The maximum atomic E-state index is 11.1. The van der Waals surface area contributed by atoms with Crippen molar-refractivity contribution in [2.75, 3.05) is 13.1 Å². The molecule has 0 bridgehead atoms. The lowest BCUT2D eigenvalue weighted by molar-refractivity contribution is -0.136. The molecule has 0 spiro atoms. The van der Waals surface area contributed by atoms with E-state index in [9.17, 15) is 9.90 Å². The minimum absolute atomic E-state index is 0.000101. The number of fused-ring (bicyclic) bond motifs is 1. The normalized spacial score (nSPS) is 11.9. The van der Waals surface area contributed by atoms with Gasteiger partial charge in [0, 0.05) is 28.9 Å². The molecule has 3 N–H and O–H groups in total. The van der Waals surface area contributed by atoms with Gasteiger partial charge in [0.05, 0.1) is 22.5 Å². The Labute approximate surface area is 215 Å². The fraction of sp³-hybridized carbons (Fsp3) is 0.241. The van der Waals surface area contributed by atoms with Crippen LogP contribution in [0.3, 0.4) is 0 Å². The molecule has 1 aromatic heterocycles. The summed E-state index contributed by atoms with van der Waals surface area (Å²) in [5.41, 5.74) is 5.51. The summed E-state index contributed by atoms with van der Waals surface area (Å²) in [7, 11) is 0. The smallest absolute Gasteiger partial charge is 0.303 e. The quantitative estimate of drug-likeness (QED) is 0.214. The number of aromatic nitrogens is 1. The number of hydrogen-bond donors (Lipinski definition) is 3. The second kappa shape index (κ2) is 11.4. The molecule has 0 fully saturated rings. The summed E-state index contributed by atoms with van der Waals surface area (Å²) in [6.07, 6.45) is 0.451. The third-order valence-electron chi connectivity index (χ3n) is 6.28. The first-order valence-corrected chi connectivity index (χ1v) is 12.5. The molecular weight excluding hydrogens is 474 g/mol. The van der Waals surface area contributed by atoms with Crippen LogP contribution in [0.5, 0.6) is 5.88 Å². The third kappa shape index (κ3) is 5.96. The summed E-state index contributed by atoms with van der Waals surface area (Å²) in [5, 5.41) is 21.4. The molecule has 0 aliphatic rings. The lowest BCUT2D eigenvalue weighted by atomic mass is 9.97. The van der Waals surface area contributed by atoms with Crippen molar-refractivity contribution in [1.82, 2.24) is 9.88 Å². The maximum Gasteiger partial charge on any atom is 0.303 e. The molecule has 7 heteroatoms. The van der Waals surface area contributed by atoms with Crippen LogP contribution in [-0.2, 0) is 17.8 Å². The third-order valence-corrected chi connectivity index (χ3v) is 6.52. The van der Waals surface area contributed by atoms with Crippen LogP contribution in [-0.4, -0.2) is 44.9 Å². The van der Waals surface area contributed by atoms with E-state index in [2.05, 4.69) is 35.9 Å². The van der Waals surface area contributed by atoms with E-state index in [0.29, 0.717) is 28.2 Å². The number of hydrogen-bond acceptors (Lipinski definition) is 4. The molecule has 4 aromatic rings. The Kier molecular flexibility index (Phi) is 8.08. The van der Waals surface area contributed by atoms with Crippen LogP contribution in [0.2, 0.25) is 5.02 Å². The number of carboxylic acid groups (broad SMARTS) is 1. The van der Waals surface area contributed by atoms with Crippen molar-refractivity contribution in [1.29, 1.82) is 0 Å². The Bertz CT molecular complexity index is 1390. The van der Waals surface area contributed by atoms with Crippen LogP contribution < -0.4 is 0 Å². The monoisotopic (exact) mass is 503 g/mol. The Hall–Kier alpha value is -3.61. The fourth-order valence-electron chi connectivity index (χ4n) is 4.30. The van der Waals surface area contributed by atoms with E-state index in [0.717, 1.165) is 41.8 Å². The first-order valence-electron chi connectivity index (χ1n) is 12.1. The van der Waals surface area contributed by atoms with Crippen LogP contribution in [0.4, 0.5) is 5.69 Å². The summed E-state index contributed by atoms with van der Waals surface area (Å²) < 4.78 is 0. The summed E-state index contributed by atoms with van der Waals surface area (Å²) in [4.78, 5) is 21.4. The molecule has 1 heterocycles. The average molecular weight is 504 g/mol. The molecule has 0 aliphatic heterocycles. The number of nitrogens with one attached hydrogen (secondary N) is 1. The molecule has 0 amide bonds. The standard InChI is InChI=1S/C29H30ClN3O3/c1-3-33(4-2)18-20-8-12-23(13-9-20)31-28(21-7-5-6-19(16-21)10-15-26(34)35)27-24-14-11-22(30)17-25(24)32-29(27)36/h5-9,11-14,16-17,32,36H,3-4,10,15,18H2,1-2H3,(H,34,35). The highest BCUT2D eigenvalue weighted by Crippen LogP contribution is 2.33. The number of H-pyrrole nitrogens is 1. The predicted octanol–water partition coefficient (Wildman–Crippen LogP) is 6.56. The van der Waals surface area contributed by atoms with Crippen LogP contribution in [0.15, 0.2) is 71.7 Å². The van der Waals surface area contributed by atoms with Crippen molar-refractivity contribution in [3.8, 4) is 5.88 Å². The van der Waals surface area contributed by atoms with E-state index < -0.39 is 5.97 Å². The lowest BCUT2D eigenvalue weighted by Crippen LogP contribution is -2.21. The second-order valence-electron chi connectivity index (χ2n) is 8.72. The molecule has 186 valence electrons. The van der Waals surface area contributed by atoms with E-state index >= 15 is 0 Å². The molecule has 0 aliphatic carbocycles. The second-order valence-corrected chi connectivity index (χ2v) is 9.16. The predicted molar refractivity (Wildman–Crippen MR) is 146 cm³/mol. The van der Waals surface area contributed by atoms with E-state index in [1.54, 1.807) is 12.1 Å². The van der Waals surface area contributed by atoms with Gasteiger partial charge in [-0.05, 0) is 61.0 Å². The molecule has 0 radical (unpaired) electrons. The van der Waals surface area contributed by atoms with Gasteiger partial charge in [-0.2, -0.15) is 0 Å². The molecule has 3 aromatic carbocycles. The number of rotatable bonds is 10. The number of aliphatic imine (C=N–C) groups is 1. The van der Waals surface area contributed by atoms with Gasteiger partial charge in [0.1, 0.15) is 0 Å². The first kappa shape index (κ1) is 25.5. The van der Waals surface area contributed by atoms with Gasteiger partial charge in [-0.25, -0.2) is 4.99 Å². The van der Waals surface area contributed by atoms with Crippen molar-refractivity contribution in [2.24, 2.45) is 4.99 Å². The van der Waals surface area contributed by atoms with Gasteiger partial charge in [-0.3, -0.25) is 9.69 Å². The average Bonchev–Trinajstić information content (AvgIpc) is 3.20. The highest BCUT2D eigenvalue weighted by atomic mass is 35.5. The van der Waals surface area contributed by atoms with Crippen LogP contribution in [0, 0.1) is 0 Å². The largest absolute Gasteiger partial charge is 0.494 e. The molecule has 0 atom stereocenters. The summed E-state index contributed by atoms with van der Waals surface area (Å²) >= 11 is 6.18. The lowest BCUT2D eigenvalue weighted by Gasteiger charge is -2.17. The SMILES string of the molecule is CCN(CC)Cc1ccc(N=C(c2cccc(CCC(=O)O)c2)c2c(O)[nH]c3cc(Cl)ccc23)cc1. The Morgan fingerprint density at radius 2 is 1.75 bits per heavy atom. The Morgan fingerprint density at radius 3 is 2.44 bits per heavy atom. The van der Waals surface area contributed by atoms with Crippen molar-refractivity contribution < 1.29 is 15.0 Å². The van der Waals surface area contributed by atoms with Gasteiger partial charge in [0.15, 0.2) is 5.88 Å². The number of carboxylic acids is 1. The Morgan fingerprint density at radius 1 is 1.00 bits per heavy atom. The zero-order chi connectivity index (χ0) is 25.7. The van der Waals surface area contributed by atoms with Crippen LogP contribution >= 0.6 is 11.6 Å². The number of nitrogens with zero attached hydrogens (tertiary/aromatic N) is 2. The van der Waals surface area contributed by atoms with E-state index in [4.69, 9.17) is 21.7 Å². The minimum atomic E-state index is -0.842. The topological polar surface area (TPSA) is 88.9 Å². The highest BCUT2D eigenvalue weighted by molar-refractivity contribution is 6.31. The van der Waals surface area contributed by atoms with Gasteiger partial charge in [-0.15, -0.1) is 0 Å². The maximum absolute atomic E-state index is 11.1. The van der Waals surface area contributed by atoms with Crippen LogP contribution in [0.1, 0.15) is 42.5 Å². The summed E-state index contributed by atoms with van der Waals surface area (Å²) in [6.45, 7) is 7.16. The van der Waals surface area contributed by atoms with Gasteiger partial charge in [0.25, 0.3) is 0 Å². The van der Waals surface area contributed by atoms with Crippen molar-refractivity contribution in [3.63, 3.8) is 0 Å². The molecule has 36 heavy (non-hydrogen) atoms. The van der Waals surface area contributed by atoms with E-state index in [1.807, 2.05) is 42.5 Å². The fourth-order valence-corrected chi connectivity index (χ4v) is 4.47. The minimum Gasteiger partial charge on any atom is -0.494 e. The zero-order valence-electron chi connectivity index (χ0n) is 20.5. The number of halogens is 1.